The van der Waals surface area contributed by atoms with Crippen LogP contribution in [-0.4, -0.2) is 30.8 Å². The lowest BCUT2D eigenvalue weighted by Crippen LogP contribution is -2.16. The van der Waals surface area contributed by atoms with E-state index in [0.717, 1.165) is 50.2 Å². The molecule has 0 amide bonds. The highest BCUT2D eigenvalue weighted by Crippen LogP contribution is 2.34. The monoisotopic (exact) mass is 466 g/mol. The highest BCUT2D eigenvalue weighted by atomic mass is 32.2. The van der Waals surface area contributed by atoms with E-state index < -0.39 is 0 Å². The van der Waals surface area contributed by atoms with Gasteiger partial charge in [0.2, 0.25) is 0 Å². The van der Waals surface area contributed by atoms with Crippen molar-refractivity contribution in [3.63, 3.8) is 0 Å². The van der Waals surface area contributed by atoms with Gasteiger partial charge in [0.1, 0.15) is 0 Å². The van der Waals surface area contributed by atoms with Crippen molar-refractivity contribution in [1.29, 1.82) is 0 Å². The molecule has 0 saturated carbocycles. The second-order valence-corrected chi connectivity index (χ2v) is 9.98. The van der Waals surface area contributed by atoms with Gasteiger partial charge in [-0.2, -0.15) is 0 Å². The summed E-state index contributed by atoms with van der Waals surface area (Å²) in [6.45, 7) is 8.00. The quantitative estimate of drug-likeness (QED) is 0.223. The molecule has 1 atom stereocenters. The van der Waals surface area contributed by atoms with Crippen LogP contribution in [0.1, 0.15) is 34.0 Å². The van der Waals surface area contributed by atoms with Crippen molar-refractivity contribution in [2.75, 3.05) is 0 Å². The molecule has 0 fully saturated rings. The smallest absolute Gasteiger partial charge is 0.196 e. The minimum absolute atomic E-state index is 0.0960. The van der Waals surface area contributed by atoms with Gasteiger partial charge in [0, 0.05) is 33.9 Å². The zero-order valence-electron chi connectivity index (χ0n) is 19.7. The van der Waals surface area contributed by atoms with Gasteiger partial charge in [0.05, 0.1) is 5.25 Å². The summed E-state index contributed by atoms with van der Waals surface area (Å²) < 4.78 is 2.06. The third kappa shape index (κ3) is 4.05. The Kier molecular flexibility index (Phi) is 5.84. The van der Waals surface area contributed by atoms with Crippen molar-refractivity contribution in [1.82, 2.24) is 19.7 Å². The normalized spacial score (nSPS) is 12.2. The minimum atomic E-state index is -0.316. The second kappa shape index (κ2) is 8.95. The maximum Gasteiger partial charge on any atom is 0.196 e. The number of Topliss-reactive ketones (excluding diaryl/α,β-unsaturated/α-hetero) is 1. The van der Waals surface area contributed by atoms with E-state index in [0.29, 0.717) is 5.16 Å². The first-order valence-corrected chi connectivity index (χ1v) is 12.2. The number of rotatable bonds is 6. The third-order valence-corrected chi connectivity index (χ3v) is 7.08. The Morgan fingerprint density at radius 1 is 0.941 bits per heavy atom. The number of nitrogens with zero attached hydrogens (tertiary/aromatic N) is 3. The third-order valence-electron chi connectivity index (χ3n) is 6.03. The van der Waals surface area contributed by atoms with Gasteiger partial charge in [0.15, 0.2) is 16.8 Å². The number of aromatic nitrogens is 4. The Hall–Kier alpha value is -3.64. The summed E-state index contributed by atoms with van der Waals surface area (Å²) in [5.74, 6) is 0.843. The number of hydrogen-bond donors (Lipinski definition) is 1. The fourth-order valence-corrected chi connectivity index (χ4v) is 5.14. The van der Waals surface area contributed by atoms with Crippen LogP contribution in [0.25, 0.3) is 28.0 Å². The van der Waals surface area contributed by atoms with Crippen molar-refractivity contribution in [2.45, 2.75) is 38.1 Å². The number of fused-ring (bicyclic) bond motifs is 1. The molecule has 5 nitrogen and oxygen atoms in total. The summed E-state index contributed by atoms with van der Waals surface area (Å²) in [5.41, 5.74) is 6.97. The molecular formula is C28H26N4OS. The van der Waals surface area contributed by atoms with Crippen molar-refractivity contribution in [2.24, 2.45) is 0 Å². The van der Waals surface area contributed by atoms with Crippen LogP contribution < -0.4 is 0 Å². The second-order valence-electron chi connectivity index (χ2n) is 8.67. The summed E-state index contributed by atoms with van der Waals surface area (Å²) in [4.78, 5) is 16.7. The van der Waals surface area contributed by atoms with Crippen LogP contribution >= 0.6 is 11.8 Å². The number of carbonyl (C=O) groups excluding carboxylic acids is 1. The lowest BCUT2D eigenvalue weighted by Gasteiger charge is -2.15. The molecule has 5 aromatic rings. The van der Waals surface area contributed by atoms with E-state index in [2.05, 4.69) is 50.9 Å². The first kappa shape index (κ1) is 22.2. The van der Waals surface area contributed by atoms with Crippen LogP contribution in [-0.2, 0) is 0 Å². The van der Waals surface area contributed by atoms with Crippen LogP contribution in [0.5, 0.6) is 0 Å². The van der Waals surface area contributed by atoms with Crippen LogP contribution in [0, 0.1) is 20.8 Å². The first-order valence-electron chi connectivity index (χ1n) is 11.3. The number of nitrogens with one attached hydrogen (secondary N) is 1. The van der Waals surface area contributed by atoms with Crippen molar-refractivity contribution in [3.8, 4) is 17.1 Å². The van der Waals surface area contributed by atoms with E-state index in [9.17, 15) is 4.79 Å². The number of aryl methyl sites for hydroxylation is 3. The average Bonchev–Trinajstić information content (AvgIpc) is 3.44. The maximum atomic E-state index is 13.4. The van der Waals surface area contributed by atoms with Gasteiger partial charge < -0.3 is 4.98 Å². The molecule has 2 aromatic heterocycles. The number of benzene rings is 3. The van der Waals surface area contributed by atoms with Gasteiger partial charge >= 0.3 is 0 Å². The Bertz CT molecular complexity index is 1510. The molecular weight excluding hydrogens is 440 g/mol. The molecule has 0 aliphatic heterocycles. The summed E-state index contributed by atoms with van der Waals surface area (Å²) in [6.07, 6.45) is 1.97. The molecule has 0 aliphatic carbocycles. The maximum absolute atomic E-state index is 13.4. The Morgan fingerprint density at radius 3 is 2.56 bits per heavy atom. The molecule has 1 unspecified atom stereocenters. The molecule has 2 heterocycles. The van der Waals surface area contributed by atoms with Gasteiger partial charge in [-0.15, -0.1) is 10.2 Å². The van der Waals surface area contributed by atoms with Crippen LogP contribution in [0.3, 0.4) is 0 Å². The zero-order chi connectivity index (χ0) is 23.8. The molecule has 1 N–H and O–H groups in total. The van der Waals surface area contributed by atoms with E-state index >= 15 is 0 Å². The minimum Gasteiger partial charge on any atom is -0.360 e. The molecule has 0 bridgehead atoms. The zero-order valence-corrected chi connectivity index (χ0v) is 20.5. The molecule has 34 heavy (non-hydrogen) atoms. The Balaban J connectivity index is 1.59. The Labute approximate surface area is 203 Å². The van der Waals surface area contributed by atoms with Gasteiger partial charge in [-0.05, 0) is 63.1 Å². The van der Waals surface area contributed by atoms with Gasteiger partial charge in [-0.1, -0.05) is 59.8 Å². The largest absolute Gasteiger partial charge is 0.360 e. The SMILES string of the molecule is Cc1cccc(-n2c(SC(C)C(=O)c3cc(C)ccc3C)nnc2-c2c[nH]c3ccccc23)c1. The van der Waals surface area contributed by atoms with Gasteiger partial charge in [-0.25, -0.2) is 0 Å². The molecule has 3 aromatic carbocycles. The predicted molar refractivity (Wildman–Crippen MR) is 139 cm³/mol. The standard InChI is InChI=1S/C28H26N4OS/c1-17-8-7-9-21(14-17)32-27(24-16-29-25-11-6-5-10-22(24)25)30-31-28(32)34-20(4)26(33)23-15-18(2)12-13-19(23)3/h5-16,20,29H,1-4H3. The number of aromatic amines is 1. The molecule has 0 spiro atoms. The number of thioether (sulfide) groups is 1. The molecule has 170 valence electrons. The van der Waals surface area contributed by atoms with Gasteiger partial charge in [0.25, 0.3) is 0 Å². The molecule has 5 rings (SSSR count). The fourth-order valence-electron chi connectivity index (χ4n) is 4.21. The van der Waals surface area contributed by atoms with E-state index in [4.69, 9.17) is 0 Å². The topological polar surface area (TPSA) is 63.6 Å². The highest BCUT2D eigenvalue weighted by molar-refractivity contribution is 8.00. The lowest BCUT2D eigenvalue weighted by atomic mass is 10.0. The van der Waals surface area contributed by atoms with E-state index in [1.54, 1.807) is 0 Å². The van der Waals surface area contributed by atoms with Crippen molar-refractivity contribution >= 4 is 28.4 Å². The number of para-hydroxylation sites is 1. The summed E-state index contributed by atoms with van der Waals surface area (Å²) in [6, 6.07) is 22.4. The fraction of sp³-hybridized carbons (Fsp3) is 0.179. The predicted octanol–water partition coefficient (Wildman–Crippen LogP) is 6.70. The van der Waals surface area contributed by atoms with Crippen molar-refractivity contribution < 1.29 is 4.79 Å². The summed E-state index contributed by atoms with van der Waals surface area (Å²) in [5, 5.41) is 10.6. The lowest BCUT2D eigenvalue weighted by molar-refractivity contribution is 0.0993. The van der Waals surface area contributed by atoms with Crippen LogP contribution in [0.2, 0.25) is 0 Å². The van der Waals surface area contributed by atoms with E-state index in [1.165, 1.54) is 11.8 Å². The summed E-state index contributed by atoms with van der Waals surface area (Å²) >= 11 is 1.44. The van der Waals surface area contributed by atoms with Gasteiger partial charge in [-0.3, -0.25) is 9.36 Å². The van der Waals surface area contributed by atoms with E-state index in [1.807, 2.05) is 69.4 Å². The molecule has 6 heteroatoms. The van der Waals surface area contributed by atoms with E-state index in [-0.39, 0.29) is 11.0 Å². The Morgan fingerprint density at radius 2 is 1.74 bits per heavy atom. The molecule has 0 radical (unpaired) electrons. The number of H-pyrrole nitrogens is 1. The van der Waals surface area contributed by atoms with Crippen molar-refractivity contribution in [3.05, 3.63) is 95.2 Å². The summed E-state index contributed by atoms with van der Waals surface area (Å²) in [7, 11) is 0. The number of hydrogen-bond acceptors (Lipinski definition) is 4. The highest BCUT2D eigenvalue weighted by Gasteiger charge is 2.24. The van der Waals surface area contributed by atoms with Crippen LogP contribution in [0.4, 0.5) is 0 Å². The molecule has 0 aliphatic rings. The molecule has 0 saturated heterocycles. The first-order chi connectivity index (χ1) is 16.4. The van der Waals surface area contributed by atoms with Crippen LogP contribution in [0.15, 0.2) is 78.1 Å². The average molecular weight is 467 g/mol. The number of ketones is 1. The number of carbonyl (C=O) groups is 1.